The number of anilines is 1. The summed E-state index contributed by atoms with van der Waals surface area (Å²) in [5.41, 5.74) is 1.60. The predicted octanol–water partition coefficient (Wildman–Crippen LogP) is 3.74. The molecule has 0 spiro atoms. The Bertz CT molecular complexity index is 1000. The van der Waals surface area contributed by atoms with Gasteiger partial charge in [0, 0.05) is 37.5 Å². The topological polar surface area (TPSA) is 83.8 Å². The maximum atomic E-state index is 13.8. The van der Waals surface area contributed by atoms with Gasteiger partial charge < -0.3 is 4.90 Å². The molecular weight excluding hydrogens is 409 g/mol. The number of benzene rings is 2. The molecule has 1 heterocycles. The summed E-state index contributed by atoms with van der Waals surface area (Å²) < 4.78 is 41.3. The van der Waals surface area contributed by atoms with E-state index < -0.39 is 27.7 Å². The number of hydrogen-bond acceptors (Lipinski definition) is 5. The Morgan fingerprint density at radius 1 is 1.07 bits per heavy atom. The number of sulfonamides is 1. The highest BCUT2D eigenvalue weighted by atomic mass is 32.2. The van der Waals surface area contributed by atoms with Gasteiger partial charge in [0.25, 0.3) is 5.69 Å². The van der Waals surface area contributed by atoms with Gasteiger partial charge in [-0.05, 0) is 35.2 Å². The molecule has 1 unspecified atom stereocenters. The number of hydrogen-bond donors (Lipinski definition) is 0. The molecule has 0 amide bonds. The van der Waals surface area contributed by atoms with Crippen LogP contribution >= 0.6 is 0 Å². The molecule has 2 aromatic rings. The van der Waals surface area contributed by atoms with E-state index in [9.17, 15) is 22.9 Å². The number of nitro groups is 1. The first kappa shape index (κ1) is 22.2. The first-order chi connectivity index (χ1) is 14.0. The molecule has 1 fully saturated rings. The van der Waals surface area contributed by atoms with Gasteiger partial charge in [-0.15, -0.1) is 0 Å². The Morgan fingerprint density at radius 3 is 2.17 bits per heavy atom. The molecule has 1 saturated heterocycles. The van der Waals surface area contributed by atoms with Crippen LogP contribution in [0.1, 0.15) is 26.3 Å². The van der Waals surface area contributed by atoms with Crippen LogP contribution in [0.15, 0.2) is 53.4 Å². The summed E-state index contributed by atoms with van der Waals surface area (Å²) >= 11 is 0. The fourth-order valence-corrected chi connectivity index (χ4v) is 5.15. The van der Waals surface area contributed by atoms with Crippen molar-refractivity contribution in [2.24, 2.45) is 0 Å². The first-order valence-corrected chi connectivity index (χ1v) is 11.2. The average Bonchev–Trinajstić information content (AvgIpc) is 2.72. The summed E-state index contributed by atoms with van der Waals surface area (Å²) in [4.78, 5) is 12.3. The number of nitrogens with zero attached hydrogens (tertiary/aromatic N) is 3. The highest BCUT2D eigenvalue weighted by Crippen LogP contribution is 2.28. The largest absolute Gasteiger partial charge is 0.368 e. The molecule has 2 aromatic carbocycles. The summed E-state index contributed by atoms with van der Waals surface area (Å²) in [5.74, 6) is 0. The van der Waals surface area contributed by atoms with E-state index >= 15 is 0 Å². The molecule has 3 rings (SSSR count). The normalized spacial score (nSPS) is 18.4. The van der Waals surface area contributed by atoms with Crippen molar-refractivity contribution in [3.63, 3.8) is 0 Å². The smallest absolute Gasteiger partial charge is 0.269 e. The third-order valence-electron chi connectivity index (χ3n) is 5.36. The van der Waals surface area contributed by atoms with Crippen LogP contribution in [0.2, 0.25) is 0 Å². The van der Waals surface area contributed by atoms with E-state index in [0.717, 1.165) is 5.56 Å². The monoisotopic (exact) mass is 435 g/mol. The van der Waals surface area contributed by atoms with E-state index in [1.807, 2.05) is 25.7 Å². The number of nitro benzene ring substituents is 1. The average molecular weight is 436 g/mol. The lowest BCUT2D eigenvalue weighted by molar-refractivity contribution is -0.384. The zero-order valence-corrected chi connectivity index (χ0v) is 18.1. The number of halogens is 1. The molecule has 7 nitrogen and oxygen atoms in total. The van der Waals surface area contributed by atoms with E-state index in [0.29, 0.717) is 12.2 Å². The van der Waals surface area contributed by atoms with Crippen LogP contribution < -0.4 is 4.90 Å². The van der Waals surface area contributed by atoms with Gasteiger partial charge in [0.1, 0.15) is 6.67 Å². The lowest BCUT2D eigenvalue weighted by Crippen LogP contribution is -2.56. The van der Waals surface area contributed by atoms with Crippen molar-refractivity contribution in [3.05, 3.63) is 64.2 Å². The van der Waals surface area contributed by atoms with Crippen molar-refractivity contribution in [1.82, 2.24) is 4.31 Å². The molecule has 0 aliphatic carbocycles. The molecule has 9 heteroatoms. The van der Waals surface area contributed by atoms with Crippen molar-refractivity contribution in [3.8, 4) is 0 Å². The Balaban J connectivity index is 1.79. The van der Waals surface area contributed by atoms with E-state index in [1.54, 1.807) is 36.4 Å². The van der Waals surface area contributed by atoms with Crippen LogP contribution in [0.4, 0.5) is 15.8 Å². The molecule has 1 aliphatic rings. The van der Waals surface area contributed by atoms with E-state index in [4.69, 9.17) is 0 Å². The molecular formula is C21H26FN3O4S. The molecule has 0 saturated carbocycles. The molecule has 30 heavy (non-hydrogen) atoms. The van der Waals surface area contributed by atoms with E-state index in [-0.39, 0.29) is 29.1 Å². The molecule has 0 radical (unpaired) electrons. The minimum Gasteiger partial charge on any atom is -0.368 e. The van der Waals surface area contributed by atoms with E-state index in [1.165, 1.54) is 16.4 Å². The van der Waals surface area contributed by atoms with Crippen molar-refractivity contribution in [2.45, 2.75) is 37.1 Å². The van der Waals surface area contributed by atoms with Crippen LogP contribution in [0.3, 0.4) is 0 Å². The zero-order valence-electron chi connectivity index (χ0n) is 17.3. The third-order valence-corrected chi connectivity index (χ3v) is 7.33. The number of non-ortho nitro benzene ring substituents is 1. The van der Waals surface area contributed by atoms with Gasteiger partial charge >= 0.3 is 0 Å². The van der Waals surface area contributed by atoms with Gasteiger partial charge in [0.2, 0.25) is 10.0 Å². The number of alkyl halides is 1. The number of rotatable bonds is 5. The SMILES string of the molecule is CC(C)(C)c1ccc(S(=O)(=O)N2CCN(c3ccc([N+](=O)[O-])cc3)CC2CF)cc1. The Hall–Kier alpha value is -2.52. The van der Waals surface area contributed by atoms with Gasteiger partial charge in [-0.1, -0.05) is 32.9 Å². The highest BCUT2D eigenvalue weighted by Gasteiger charge is 2.36. The molecule has 0 aromatic heterocycles. The highest BCUT2D eigenvalue weighted by molar-refractivity contribution is 7.89. The van der Waals surface area contributed by atoms with Crippen LogP contribution in [-0.2, 0) is 15.4 Å². The van der Waals surface area contributed by atoms with Crippen LogP contribution in [-0.4, -0.2) is 50.0 Å². The van der Waals surface area contributed by atoms with Gasteiger partial charge in [0.05, 0.1) is 15.9 Å². The van der Waals surface area contributed by atoms with E-state index in [2.05, 4.69) is 0 Å². The standard InChI is InChI=1S/C21H26FN3O4S/c1-21(2,3)16-4-10-20(11-5-16)30(28,29)24-13-12-23(15-19(24)14-22)17-6-8-18(9-7-17)25(26)27/h4-11,19H,12-15H2,1-3H3. The fraction of sp³-hybridized carbons (Fsp3) is 0.429. The van der Waals surface area contributed by atoms with Crippen molar-refractivity contribution < 1.29 is 17.7 Å². The minimum absolute atomic E-state index is 0.0271. The maximum absolute atomic E-state index is 13.8. The third kappa shape index (κ3) is 4.46. The summed E-state index contributed by atoms with van der Waals surface area (Å²) in [6, 6.07) is 11.9. The Morgan fingerprint density at radius 2 is 1.67 bits per heavy atom. The second kappa shape index (κ2) is 8.31. The van der Waals surface area contributed by atoms with Gasteiger partial charge in [-0.3, -0.25) is 10.1 Å². The zero-order chi connectivity index (χ0) is 22.1. The molecule has 0 N–H and O–H groups in total. The van der Waals surface area contributed by atoms with Crippen molar-refractivity contribution >= 4 is 21.4 Å². The Kier molecular flexibility index (Phi) is 6.14. The minimum atomic E-state index is -3.83. The van der Waals surface area contributed by atoms with Gasteiger partial charge in [-0.2, -0.15) is 4.31 Å². The summed E-state index contributed by atoms with van der Waals surface area (Å²) in [5, 5.41) is 10.8. The molecule has 162 valence electrons. The van der Waals surface area contributed by atoms with Crippen molar-refractivity contribution in [2.75, 3.05) is 31.2 Å². The fourth-order valence-electron chi connectivity index (χ4n) is 3.56. The molecule has 0 bridgehead atoms. The van der Waals surface area contributed by atoms with Gasteiger partial charge in [-0.25, -0.2) is 12.8 Å². The predicted molar refractivity (Wildman–Crippen MR) is 114 cm³/mol. The lowest BCUT2D eigenvalue weighted by atomic mass is 9.87. The summed E-state index contributed by atoms with van der Waals surface area (Å²) in [7, 11) is -3.83. The maximum Gasteiger partial charge on any atom is 0.269 e. The Labute approximate surface area is 176 Å². The first-order valence-electron chi connectivity index (χ1n) is 9.72. The summed E-state index contributed by atoms with van der Waals surface area (Å²) in [6.07, 6.45) is 0. The molecule has 1 atom stereocenters. The van der Waals surface area contributed by atoms with Crippen LogP contribution in [0.5, 0.6) is 0 Å². The van der Waals surface area contributed by atoms with Gasteiger partial charge in [0.15, 0.2) is 0 Å². The van der Waals surface area contributed by atoms with Crippen LogP contribution in [0.25, 0.3) is 0 Å². The summed E-state index contributed by atoms with van der Waals surface area (Å²) in [6.45, 7) is 6.01. The second-order valence-electron chi connectivity index (χ2n) is 8.42. The molecule has 1 aliphatic heterocycles. The quantitative estimate of drug-likeness (QED) is 0.528. The van der Waals surface area contributed by atoms with Crippen LogP contribution in [0, 0.1) is 10.1 Å². The second-order valence-corrected chi connectivity index (χ2v) is 10.3. The van der Waals surface area contributed by atoms with Crippen molar-refractivity contribution in [1.29, 1.82) is 0 Å². The lowest BCUT2D eigenvalue weighted by Gasteiger charge is -2.40. The number of piperazine rings is 1.